The predicted octanol–water partition coefficient (Wildman–Crippen LogP) is 4.59. The maximum absolute atomic E-state index is 10.1. The van der Waals surface area contributed by atoms with Gasteiger partial charge in [0, 0.05) is 13.2 Å². The van der Waals surface area contributed by atoms with Gasteiger partial charge in [0.05, 0.1) is 14.2 Å². The third kappa shape index (κ3) is 6.73. The second kappa shape index (κ2) is 12.3. The number of aliphatic hydroxyl groups excluding tert-OH is 2. The van der Waals surface area contributed by atoms with E-state index in [0.717, 1.165) is 28.0 Å². The summed E-state index contributed by atoms with van der Waals surface area (Å²) in [5, 5.41) is 20.2. The molecule has 2 N–H and O–H groups in total. The first kappa shape index (κ1) is 24.6. The lowest BCUT2D eigenvalue weighted by Crippen LogP contribution is -2.26. The summed E-state index contributed by atoms with van der Waals surface area (Å²) < 4.78 is 16.9. The third-order valence-corrected chi connectivity index (χ3v) is 6.07. The minimum Gasteiger partial charge on any atom is -0.496 e. The van der Waals surface area contributed by atoms with Crippen LogP contribution in [0, 0.1) is 18.8 Å². The molecule has 0 heterocycles. The van der Waals surface area contributed by atoms with E-state index in [1.54, 1.807) is 14.2 Å². The number of aliphatic hydroxyl groups is 2. The molecule has 3 aromatic carbocycles. The molecule has 5 heteroatoms. The molecule has 5 nitrogen and oxygen atoms in total. The Bertz CT molecular complexity index is 1000. The van der Waals surface area contributed by atoms with Crippen LogP contribution in [0.25, 0.3) is 0 Å². The maximum Gasteiger partial charge on any atom is 0.161 e. The van der Waals surface area contributed by atoms with Crippen LogP contribution in [0.5, 0.6) is 17.2 Å². The monoisotopic (exact) mass is 450 g/mol. The van der Waals surface area contributed by atoms with E-state index in [4.69, 9.17) is 14.2 Å². The van der Waals surface area contributed by atoms with E-state index < -0.39 is 0 Å². The van der Waals surface area contributed by atoms with Gasteiger partial charge in [-0.15, -0.1) is 0 Å². The first-order valence-electron chi connectivity index (χ1n) is 11.3. The standard InChI is InChI=1S/C28H34O5/c1-20-9-10-22(15-27(20)31-2)13-24(17-29)25(18-30)14-23-11-12-26(28(16-23)32-3)33-19-21-7-5-4-6-8-21/h4-12,15-16,24-25,29-30H,13-14,17-19H2,1-3H3/t24-,25-/m0/s1. The van der Waals surface area contributed by atoms with E-state index in [1.807, 2.05) is 67.6 Å². The number of hydrogen-bond acceptors (Lipinski definition) is 5. The van der Waals surface area contributed by atoms with Crippen molar-refractivity contribution in [1.82, 2.24) is 0 Å². The zero-order valence-electron chi connectivity index (χ0n) is 19.7. The minimum atomic E-state index is -0.0944. The average molecular weight is 451 g/mol. The Morgan fingerprint density at radius 2 is 1.24 bits per heavy atom. The Morgan fingerprint density at radius 3 is 1.82 bits per heavy atom. The van der Waals surface area contributed by atoms with Crippen molar-refractivity contribution in [3.63, 3.8) is 0 Å². The van der Waals surface area contributed by atoms with Crippen molar-refractivity contribution in [3.8, 4) is 17.2 Å². The average Bonchev–Trinajstić information content (AvgIpc) is 2.86. The maximum atomic E-state index is 10.1. The summed E-state index contributed by atoms with van der Waals surface area (Å²) in [5.41, 5.74) is 4.26. The fraction of sp³-hybridized carbons (Fsp3) is 0.357. The zero-order chi connectivity index (χ0) is 23.6. The molecule has 0 aliphatic heterocycles. The van der Waals surface area contributed by atoms with E-state index in [9.17, 15) is 10.2 Å². The van der Waals surface area contributed by atoms with Crippen molar-refractivity contribution in [2.24, 2.45) is 11.8 Å². The molecule has 0 unspecified atom stereocenters. The summed E-state index contributed by atoms with van der Waals surface area (Å²) in [6, 6.07) is 21.9. The van der Waals surface area contributed by atoms with Gasteiger partial charge < -0.3 is 24.4 Å². The summed E-state index contributed by atoms with van der Waals surface area (Å²) in [6.07, 6.45) is 1.29. The van der Waals surface area contributed by atoms with Crippen molar-refractivity contribution in [1.29, 1.82) is 0 Å². The second-order valence-corrected chi connectivity index (χ2v) is 8.36. The highest BCUT2D eigenvalue weighted by molar-refractivity contribution is 5.43. The van der Waals surface area contributed by atoms with Gasteiger partial charge in [0.2, 0.25) is 0 Å². The van der Waals surface area contributed by atoms with Crippen molar-refractivity contribution in [2.45, 2.75) is 26.4 Å². The molecular formula is C28H34O5. The lowest BCUT2D eigenvalue weighted by Gasteiger charge is -2.25. The summed E-state index contributed by atoms with van der Waals surface area (Å²) >= 11 is 0. The van der Waals surface area contributed by atoms with Crippen LogP contribution in [0.15, 0.2) is 66.7 Å². The molecule has 0 fully saturated rings. The largest absolute Gasteiger partial charge is 0.496 e. The van der Waals surface area contributed by atoms with Crippen LogP contribution in [-0.2, 0) is 19.4 Å². The molecule has 33 heavy (non-hydrogen) atoms. The molecule has 0 aromatic heterocycles. The molecule has 2 atom stereocenters. The van der Waals surface area contributed by atoms with Gasteiger partial charge in [0.1, 0.15) is 12.4 Å². The molecule has 0 spiro atoms. The van der Waals surface area contributed by atoms with Crippen molar-refractivity contribution >= 4 is 0 Å². The first-order chi connectivity index (χ1) is 16.1. The highest BCUT2D eigenvalue weighted by atomic mass is 16.5. The van der Waals surface area contributed by atoms with E-state index in [1.165, 1.54) is 0 Å². The SMILES string of the molecule is COc1cc(C[C@@H](CO)[C@H](CO)Cc2ccc(OCc3ccccc3)c(OC)c2)ccc1C. The Morgan fingerprint density at radius 1 is 0.667 bits per heavy atom. The molecule has 0 aliphatic rings. The minimum absolute atomic E-state index is 0.00315. The molecular weight excluding hydrogens is 416 g/mol. The van der Waals surface area contributed by atoms with Gasteiger partial charge >= 0.3 is 0 Å². The van der Waals surface area contributed by atoms with Crippen LogP contribution in [0.4, 0.5) is 0 Å². The lowest BCUT2D eigenvalue weighted by molar-refractivity contribution is 0.119. The number of rotatable bonds is 12. The van der Waals surface area contributed by atoms with E-state index in [-0.39, 0.29) is 25.0 Å². The van der Waals surface area contributed by atoms with Gasteiger partial charge in [-0.1, -0.05) is 48.5 Å². The van der Waals surface area contributed by atoms with Crippen LogP contribution >= 0.6 is 0 Å². The summed E-state index contributed by atoms with van der Waals surface area (Å²) in [4.78, 5) is 0. The number of hydrogen-bond donors (Lipinski definition) is 2. The molecule has 0 aliphatic carbocycles. The van der Waals surface area contributed by atoms with Crippen molar-refractivity contribution in [2.75, 3.05) is 27.4 Å². The van der Waals surface area contributed by atoms with Crippen LogP contribution in [0.1, 0.15) is 22.3 Å². The summed E-state index contributed by atoms with van der Waals surface area (Å²) in [7, 11) is 3.28. The first-order valence-corrected chi connectivity index (χ1v) is 11.3. The predicted molar refractivity (Wildman–Crippen MR) is 130 cm³/mol. The molecule has 3 rings (SSSR count). The van der Waals surface area contributed by atoms with Gasteiger partial charge in [0.15, 0.2) is 11.5 Å². The van der Waals surface area contributed by atoms with Gasteiger partial charge in [0.25, 0.3) is 0 Å². The van der Waals surface area contributed by atoms with E-state index in [2.05, 4.69) is 6.07 Å². The van der Waals surface area contributed by atoms with Crippen LogP contribution in [-0.4, -0.2) is 37.6 Å². The summed E-state index contributed by atoms with van der Waals surface area (Å²) in [5.74, 6) is 1.99. The van der Waals surface area contributed by atoms with Crippen molar-refractivity contribution in [3.05, 3.63) is 89.0 Å². The number of methoxy groups -OCH3 is 2. The second-order valence-electron chi connectivity index (χ2n) is 8.36. The topological polar surface area (TPSA) is 68.2 Å². The Hall–Kier alpha value is -3.02. The quantitative estimate of drug-likeness (QED) is 0.422. The van der Waals surface area contributed by atoms with Gasteiger partial charge in [-0.2, -0.15) is 0 Å². The van der Waals surface area contributed by atoms with E-state index >= 15 is 0 Å². The number of aryl methyl sites for hydroxylation is 1. The zero-order valence-corrected chi connectivity index (χ0v) is 19.7. The van der Waals surface area contributed by atoms with Gasteiger partial charge in [-0.05, 0) is 72.1 Å². The highest BCUT2D eigenvalue weighted by Gasteiger charge is 2.22. The van der Waals surface area contributed by atoms with Crippen LogP contribution in [0.3, 0.4) is 0 Å². The fourth-order valence-corrected chi connectivity index (χ4v) is 4.05. The Labute approximate surface area is 196 Å². The molecule has 0 saturated heterocycles. The highest BCUT2D eigenvalue weighted by Crippen LogP contribution is 2.31. The third-order valence-electron chi connectivity index (χ3n) is 6.07. The normalized spacial score (nSPS) is 12.8. The van der Waals surface area contributed by atoms with E-state index in [0.29, 0.717) is 30.9 Å². The van der Waals surface area contributed by atoms with Gasteiger partial charge in [-0.3, -0.25) is 0 Å². The van der Waals surface area contributed by atoms with Crippen LogP contribution < -0.4 is 14.2 Å². The Kier molecular flexibility index (Phi) is 9.16. The smallest absolute Gasteiger partial charge is 0.161 e. The molecule has 0 radical (unpaired) electrons. The summed E-state index contributed by atoms with van der Waals surface area (Å²) in [6.45, 7) is 2.45. The molecule has 0 amide bonds. The molecule has 176 valence electrons. The molecule has 3 aromatic rings. The van der Waals surface area contributed by atoms with Crippen molar-refractivity contribution < 1.29 is 24.4 Å². The number of ether oxygens (including phenoxy) is 3. The molecule has 0 bridgehead atoms. The molecule has 0 saturated carbocycles. The van der Waals surface area contributed by atoms with Crippen LogP contribution in [0.2, 0.25) is 0 Å². The Balaban J connectivity index is 1.69. The van der Waals surface area contributed by atoms with Gasteiger partial charge in [-0.25, -0.2) is 0 Å². The fourth-order valence-electron chi connectivity index (χ4n) is 4.05. The lowest BCUT2D eigenvalue weighted by atomic mass is 9.83. The number of benzene rings is 3.